The van der Waals surface area contributed by atoms with Crippen molar-refractivity contribution >= 4 is 33.6 Å². The molecule has 0 bridgehead atoms. The van der Waals surface area contributed by atoms with Crippen molar-refractivity contribution in [1.82, 2.24) is 4.98 Å². The molecule has 0 atom stereocenters. The van der Waals surface area contributed by atoms with E-state index in [1.54, 1.807) is 30.0 Å². The first kappa shape index (κ1) is 25.3. The highest BCUT2D eigenvalue weighted by molar-refractivity contribution is 7.99. The molecule has 0 radical (unpaired) electrons. The van der Waals surface area contributed by atoms with Crippen LogP contribution in [0, 0.1) is 6.92 Å². The second kappa shape index (κ2) is 11.2. The van der Waals surface area contributed by atoms with Crippen LogP contribution < -0.4 is 5.73 Å². The molecule has 2 aromatic rings. The average molecular weight is 491 g/mol. The predicted molar refractivity (Wildman–Crippen MR) is 130 cm³/mol. The number of amides is 1. The Bertz CT molecular complexity index is 1100. The number of sulfone groups is 1. The Morgan fingerprint density at radius 2 is 1.94 bits per heavy atom. The van der Waals surface area contributed by atoms with E-state index in [0.29, 0.717) is 5.22 Å². The van der Waals surface area contributed by atoms with Crippen LogP contribution in [0.3, 0.4) is 0 Å². The molecule has 1 aromatic carbocycles. The summed E-state index contributed by atoms with van der Waals surface area (Å²) in [4.78, 5) is 16.7. The van der Waals surface area contributed by atoms with Gasteiger partial charge in [0.2, 0.25) is 5.91 Å². The minimum Gasteiger partial charge on any atom is -0.436 e. The molecule has 0 spiro atoms. The molecule has 2 heterocycles. The molecule has 1 aliphatic rings. The van der Waals surface area contributed by atoms with Gasteiger partial charge in [0.05, 0.1) is 4.90 Å². The summed E-state index contributed by atoms with van der Waals surface area (Å²) in [5.41, 5.74) is 7.38. The maximum atomic E-state index is 13.2. The lowest BCUT2D eigenvalue weighted by Gasteiger charge is -2.33. The number of rotatable bonds is 11. The van der Waals surface area contributed by atoms with Crippen LogP contribution in [0.5, 0.6) is 0 Å². The fraction of sp³-hybridized carbons (Fsp3) is 0.417. The third-order valence-corrected chi connectivity index (χ3v) is 9.23. The lowest BCUT2D eigenvalue weighted by molar-refractivity contribution is -0.122. The number of benzene rings is 1. The van der Waals surface area contributed by atoms with Crippen LogP contribution >= 0.6 is 11.8 Å². The highest BCUT2D eigenvalue weighted by Gasteiger charge is 2.50. The summed E-state index contributed by atoms with van der Waals surface area (Å²) in [5.74, 6) is 0.849. The minimum atomic E-state index is -3.89. The van der Waals surface area contributed by atoms with Gasteiger partial charge in [0.1, 0.15) is 11.5 Å². The van der Waals surface area contributed by atoms with Crippen LogP contribution in [-0.4, -0.2) is 43.0 Å². The van der Waals surface area contributed by atoms with Crippen LogP contribution in [0.2, 0.25) is 0 Å². The number of ether oxygens (including phenoxy) is 1. The summed E-state index contributed by atoms with van der Waals surface area (Å²) < 4.78 is 35.7. The number of oxazole rings is 1. The number of aryl methyl sites for hydroxylation is 2. The average Bonchev–Trinajstić information content (AvgIpc) is 3.17. The zero-order chi connectivity index (χ0) is 23.9. The van der Waals surface area contributed by atoms with Crippen molar-refractivity contribution in [2.24, 2.45) is 5.73 Å². The maximum absolute atomic E-state index is 13.2. The molecule has 1 amide bonds. The molecule has 1 aliphatic heterocycles. The maximum Gasteiger partial charge on any atom is 0.256 e. The third kappa shape index (κ3) is 5.77. The summed E-state index contributed by atoms with van der Waals surface area (Å²) in [6, 6.07) is 6.77. The Kier molecular flexibility index (Phi) is 8.56. The number of primary amides is 1. The van der Waals surface area contributed by atoms with E-state index in [2.05, 4.69) is 11.6 Å². The summed E-state index contributed by atoms with van der Waals surface area (Å²) in [6.07, 6.45) is 8.30. The molecule has 0 saturated carbocycles. The molecule has 2 N–H and O–H groups in total. The Labute approximate surface area is 199 Å². The standard InChI is InChI=1S/C24H30N2O5S2/c1-3-4-8-21-18(2)31-23(26-21)32-17-6-5-7-19-9-11-20(12-10-19)33(28,29)24(22(25)27)13-15-30-16-14-24/h3-4,8-12H,1,5-7,13-17H2,2H3,(H2,25,27)/b8-4-. The molecular weight excluding hydrogens is 460 g/mol. The number of carbonyl (C=O) groups is 1. The number of hydrogen-bond donors (Lipinski definition) is 1. The highest BCUT2D eigenvalue weighted by atomic mass is 32.2. The Balaban J connectivity index is 1.52. The van der Waals surface area contributed by atoms with Crippen LogP contribution in [0.25, 0.3) is 6.08 Å². The van der Waals surface area contributed by atoms with Crippen molar-refractivity contribution in [3.05, 3.63) is 60.0 Å². The van der Waals surface area contributed by atoms with Gasteiger partial charge in [-0.1, -0.05) is 42.6 Å². The van der Waals surface area contributed by atoms with Crippen molar-refractivity contribution in [3.63, 3.8) is 0 Å². The van der Waals surface area contributed by atoms with Crippen LogP contribution in [-0.2, 0) is 25.8 Å². The molecule has 1 saturated heterocycles. The number of aromatic nitrogens is 1. The zero-order valence-corrected chi connectivity index (χ0v) is 20.4. The lowest BCUT2D eigenvalue weighted by Crippen LogP contribution is -2.53. The second-order valence-electron chi connectivity index (χ2n) is 7.94. The monoisotopic (exact) mass is 490 g/mol. The van der Waals surface area contributed by atoms with Gasteiger partial charge in [0.15, 0.2) is 14.6 Å². The van der Waals surface area contributed by atoms with Crippen molar-refractivity contribution < 1.29 is 22.4 Å². The number of carbonyl (C=O) groups excluding carboxylic acids is 1. The molecule has 9 heteroatoms. The predicted octanol–water partition coefficient (Wildman–Crippen LogP) is 4.11. The minimum absolute atomic E-state index is 0.0835. The molecule has 7 nitrogen and oxygen atoms in total. The van der Waals surface area contributed by atoms with E-state index in [0.717, 1.165) is 42.0 Å². The molecule has 1 aromatic heterocycles. The van der Waals surface area contributed by atoms with Gasteiger partial charge < -0.3 is 14.9 Å². The Hall–Kier alpha value is -2.36. The molecule has 0 aliphatic carbocycles. The first-order valence-corrected chi connectivity index (χ1v) is 13.4. The Morgan fingerprint density at radius 3 is 2.58 bits per heavy atom. The van der Waals surface area contributed by atoms with Gasteiger partial charge in [-0.15, -0.1) is 0 Å². The first-order chi connectivity index (χ1) is 15.8. The van der Waals surface area contributed by atoms with Crippen LogP contribution in [0.4, 0.5) is 0 Å². The largest absolute Gasteiger partial charge is 0.436 e. The van der Waals surface area contributed by atoms with Gasteiger partial charge in [0, 0.05) is 19.0 Å². The second-order valence-corrected chi connectivity index (χ2v) is 11.2. The van der Waals surface area contributed by atoms with E-state index in [1.807, 2.05) is 31.2 Å². The van der Waals surface area contributed by atoms with E-state index in [-0.39, 0.29) is 31.0 Å². The molecule has 0 unspecified atom stereocenters. The van der Waals surface area contributed by atoms with E-state index in [1.165, 1.54) is 0 Å². The topological polar surface area (TPSA) is 112 Å². The first-order valence-electron chi connectivity index (χ1n) is 10.9. The molecule has 3 rings (SSSR count). The molecule has 33 heavy (non-hydrogen) atoms. The number of hydrogen-bond acceptors (Lipinski definition) is 7. The molecule has 1 fully saturated rings. The molecule has 178 valence electrons. The van der Waals surface area contributed by atoms with Crippen molar-refractivity contribution in [1.29, 1.82) is 0 Å². The number of nitrogens with two attached hydrogens (primary N) is 1. The number of nitrogens with zero attached hydrogens (tertiary/aromatic N) is 1. The lowest BCUT2D eigenvalue weighted by atomic mass is 9.98. The van der Waals surface area contributed by atoms with Gasteiger partial charge in [-0.05, 0) is 62.8 Å². The van der Waals surface area contributed by atoms with E-state index >= 15 is 0 Å². The zero-order valence-electron chi connectivity index (χ0n) is 18.8. The SMILES string of the molecule is C=C/C=C\c1nc(SCCCCc2ccc(S(=O)(=O)C3(C(N)=O)CCOCC3)cc2)oc1C. The van der Waals surface area contributed by atoms with Crippen molar-refractivity contribution in [2.75, 3.05) is 19.0 Å². The van der Waals surface area contributed by atoms with Gasteiger partial charge in [-0.2, -0.15) is 0 Å². The normalized spacial score (nSPS) is 16.2. The summed E-state index contributed by atoms with van der Waals surface area (Å²) in [7, 11) is -3.89. The van der Waals surface area contributed by atoms with E-state index in [4.69, 9.17) is 14.9 Å². The fourth-order valence-corrected chi connectivity index (χ4v) is 6.54. The van der Waals surface area contributed by atoms with E-state index < -0.39 is 20.5 Å². The Morgan fingerprint density at radius 1 is 1.24 bits per heavy atom. The summed E-state index contributed by atoms with van der Waals surface area (Å²) in [6.45, 7) is 5.95. The smallest absolute Gasteiger partial charge is 0.256 e. The van der Waals surface area contributed by atoms with Crippen LogP contribution in [0.15, 0.2) is 57.5 Å². The summed E-state index contributed by atoms with van der Waals surface area (Å²) >= 11 is 1.58. The van der Waals surface area contributed by atoms with Gasteiger partial charge in [-0.25, -0.2) is 13.4 Å². The number of unbranched alkanes of at least 4 members (excludes halogenated alkanes) is 1. The van der Waals surface area contributed by atoms with Crippen molar-refractivity contribution in [3.8, 4) is 0 Å². The van der Waals surface area contributed by atoms with Gasteiger partial charge in [-0.3, -0.25) is 4.79 Å². The highest BCUT2D eigenvalue weighted by Crippen LogP contribution is 2.35. The summed E-state index contributed by atoms with van der Waals surface area (Å²) in [5, 5.41) is 0.655. The third-order valence-electron chi connectivity index (χ3n) is 5.79. The van der Waals surface area contributed by atoms with Gasteiger partial charge in [0.25, 0.3) is 5.22 Å². The van der Waals surface area contributed by atoms with E-state index in [9.17, 15) is 13.2 Å². The van der Waals surface area contributed by atoms with Gasteiger partial charge >= 0.3 is 0 Å². The number of thioether (sulfide) groups is 1. The number of allylic oxidation sites excluding steroid dienone is 2. The van der Waals surface area contributed by atoms with Crippen LogP contribution in [0.1, 0.15) is 42.7 Å². The fourth-order valence-electron chi connectivity index (χ4n) is 3.76. The quantitative estimate of drug-likeness (QED) is 0.287. The van der Waals surface area contributed by atoms with Crippen molar-refractivity contribution in [2.45, 2.75) is 53.9 Å². The molecular formula is C24H30N2O5S2.